The lowest BCUT2D eigenvalue weighted by molar-refractivity contribution is -0.139. The summed E-state index contributed by atoms with van der Waals surface area (Å²) in [5.74, 6) is -1.25. The van der Waals surface area contributed by atoms with Crippen molar-refractivity contribution in [2.45, 2.75) is 50.7 Å². The van der Waals surface area contributed by atoms with E-state index in [1.807, 2.05) is 41.3 Å². The van der Waals surface area contributed by atoms with E-state index in [1.54, 1.807) is 13.0 Å². The molecule has 1 aliphatic carbocycles. The van der Waals surface area contributed by atoms with Gasteiger partial charge in [-0.15, -0.1) is 0 Å². The van der Waals surface area contributed by atoms with Crippen molar-refractivity contribution >= 4 is 17.8 Å². The summed E-state index contributed by atoms with van der Waals surface area (Å²) in [4.78, 5) is 40.0. The Morgan fingerprint density at radius 3 is 2.56 bits per heavy atom. The molecule has 0 unspecified atom stereocenters. The Hall–Kier alpha value is -3.26. The van der Waals surface area contributed by atoms with Crippen molar-refractivity contribution in [2.75, 3.05) is 6.54 Å². The van der Waals surface area contributed by atoms with Gasteiger partial charge in [0.25, 0.3) is 11.8 Å². The predicted octanol–water partition coefficient (Wildman–Crippen LogP) is 2.76. The maximum absolute atomic E-state index is 13.5. The number of halogens is 1. The van der Waals surface area contributed by atoms with E-state index in [0.717, 1.165) is 29.0 Å². The molecule has 168 valence electrons. The number of benzene rings is 2. The highest BCUT2D eigenvalue weighted by molar-refractivity contribution is 6.07. The van der Waals surface area contributed by atoms with Gasteiger partial charge in [-0.25, -0.2) is 9.18 Å². The summed E-state index contributed by atoms with van der Waals surface area (Å²) in [7, 11) is 0. The van der Waals surface area contributed by atoms with Gasteiger partial charge in [-0.2, -0.15) is 5.01 Å². The number of rotatable bonds is 9. The molecule has 8 heteroatoms. The van der Waals surface area contributed by atoms with Crippen LogP contribution in [0.2, 0.25) is 0 Å². The monoisotopic (exact) mass is 438 g/mol. The molecule has 1 heterocycles. The number of amides is 4. The van der Waals surface area contributed by atoms with E-state index >= 15 is 0 Å². The number of nitrogens with zero attached hydrogens (tertiary/aromatic N) is 2. The minimum atomic E-state index is -1.09. The number of imide groups is 1. The third kappa shape index (κ3) is 5.13. The average Bonchev–Trinajstić information content (AvgIpc) is 3.58. The van der Waals surface area contributed by atoms with Crippen molar-refractivity contribution in [1.29, 1.82) is 0 Å². The fraction of sp³-hybridized carbons (Fsp3) is 0.375. The van der Waals surface area contributed by atoms with Gasteiger partial charge in [0.1, 0.15) is 11.4 Å². The van der Waals surface area contributed by atoms with Crippen LogP contribution in [0.25, 0.3) is 0 Å². The number of aryl methyl sites for hydroxylation is 1. The van der Waals surface area contributed by atoms with Crippen molar-refractivity contribution in [1.82, 2.24) is 20.7 Å². The lowest BCUT2D eigenvalue weighted by atomic mass is 9.93. The lowest BCUT2D eigenvalue weighted by Crippen LogP contribution is -2.51. The number of carbonyl (C=O) groups excluding carboxylic acids is 3. The average molecular weight is 439 g/mol. The van der Waals surface area contributed by atoms with Crippen LogP contribution in [0.5, 0.6) is 0 Å². The lowest BCUT2D eigenvalue weighted by Gasteiger charge is -2.24. The van der Waals surface area contributed by atoms with Crippen molar-refractivity contribution in [3.05, 3.63) is 71.5 Å². The number of urea groups is 1. The second-order valence-corrected chi connectivity index (χ2v) is 8.69. The van der Waals surface area contributed by atoms with Gasteiger partial charge in [-0.3, -0.25) is 19.9 Å². The molecule has 2 aromatic rings. The van der Waals surface area contributed by atoms with Crippen LogP contribution in [0.1, 0.15) is 37.3 Å². The summed E-state index contributed by atoms with van der Waals surface area (Å²) in [6.45, 7) is 2.10. The van der Waals surface area contributed by atoms with Crippen LogP contribution in [0.4, 0.5) is 9.18 Å². The fourth-order valence-electron chi connectivity index (χ4n) is 3.96. The number of nitrogens with one attached hydrogen (secondary N) is 2. The van der Waals surface area contributed by atoms with Gasteiger partial charge in [-0.1, -0.05) is 42.5 Å². The molecule has 2 N–H and O–H groups in total. The molecule has 2 fully saturated rings. The summed E-state index contributed by atoms with van der Waals surface area (Å²) in [6.07, 6.45) is 2.96. The van der Waals surface area contributed by atoms with E-state index in [1.165, 1.54) is 12.1 Å². The zero-order valence-corrected chi connectivity index (χ0v) is 18.0. The highest BCUT2D eigenvalue weighted by Gasteiger charge is 2.48. The van der Waals surface area contributed by atoms with Crippen molar-refractivity contribution in [2.24, 2.45) is 0 Å². The molecule has 2 aromatic carbocycles. The molecule has 0 aromatic heterocycles. The first-order valence-corrected chi connectivity index (χ1v) is 10.8. The van der Waals surface area contributed by atoms with Crippen molar-refractivity contribution in [3.8, 4) is 0 Å². The number of hydrogen-bond acceptors (Lipinski definition) is 4. The molecule has 0 spiro atoms. The second kappa shape index (κ2) is 9.08. The third-order valence-corrected chi connectivity index (χ3v) is 5.94. The topological polar surface area (TPSA) is 81.8 Å². The first-order chi connectivity index (χ1) is 15.3. The van der Waals surface area contributed by atoms with E-state index in [-0.39, 0.29) is 18.4 Å². The molecular formula is C24H27FN4O3. The highest BCUT2D eigenvalue weighted by atomic mass is 19.1. The number of hydrogen-bond donors (Lipinski definition) is 2. The van der Waals surface area contributed by atoms with Crippen molar-refractivity contribution < 1.29 is 18.8 Å². The Labute approximate surface area is 186 Å². The van der Waals surface area contributed by atoms with Crippen LogP contribution < -0.4 is 10.7 Å². The molecule has 1 atom stereocenters. The van der Waals surface area contributed by atoms with Gasteiger partial charge in [-0.05, 0) is 55.9 Å². The standard InChI is InChI=1S/C24H27FN4O3/c1-24(13-12-17-6-3-2-4-7-17)22(31)29(23(32)26-24)27-21(30)16-28(20-10-11-20)15-18-8-5-9-19(25)14-18/h2-9,14,20H,10-13,15-16H2,1H3,(H,26,32)(H,27,30)/t24-/m1/s1. The van der Waals surface area contributed by atoms with Gasteiger partial charge in [0, 0.05) is 12.6 Å². The van der Waals surface area contributed by atoms with E-state index in [9.17, 15) is 18.8 Å². The molecule has 0 radical (unpaired) electrons. The Bertz CT molecular complexity index is 1010. The largest absolute Gasteiger partial charge is 0.344 e. The van der Waals surface area contributed by atoms with E-state index < -0.39 is 23.4 Å². The smallest absolute Gasteiger partial charge is 0.322 e. The maximum atomic E-state index is 13.5. The van der Waals surface area contributed by atoms with Gasteiger partial charge in [0.15, 0.2) is 0 Å². The predicted molar refractivity (Wildman–Crippen MR) is 117 cm³/mol. The Balaban J connectivity index is 1.35. The van der Waals surface area contributed by atoms with Gasteiger partial charge < -0.3 is 5.32 Å². The molecule has 32 heavy (non-hydrogen) atoms. The summed E-state index contributed by atoms with van der Waals surface area (Å²) in [6, 6.07) is 15.6. The van der Waals surface area contributed by atoms with Crippen LogP contribution >= 0.6 is 0 Å². The molecule has 2 aliphatic rings. The van der Waals surface area contributed by atoms with E-state index in [0.29, 0.717) is 19.4 Å². The van der Waals surface area contributed by atoms with E-state index in [4.69, 9.17) is 0 Å². The van der Waals surface area contributed by atoms with Crippen LogP contribution in [0, 0.1) is 5.82 Å². The molecule has 7 nitrogen and oxygen atoms in total. The Kier molecular flexibility index (Phi) is 6.23. The maximum Gasteiger partial charge on any atom is 0.344 e. The highest BCUT2D eigenvalue weighted by Crippen LogP contribution is 2.28. The minimum absolute atomic E-state index is 0.0129. The Morgan fingerprint density at radius 1 is 1.16 bits per heavy atom. The van der Waals surface area contributed by atoms with Crippen LogP contribution in [-0.4, -0.2) is 45.9 Å². The van der Waals surface area contributed by atoms with Crippen molar-refractivity contribution in [3.63, 3.8) is 0 Å². The zero-order chi connectivity index (χ0) is 22.7. The fourth-order valence-corrected chi connectivity index (χ4v) is 3.96. The van der Waals surface area contributed by atoms with Crippen LogP contribution in [0.15, 0.2) is 54.6 Å². The molecule has 4 amide bonds. The number of hydrazine groups is 1. The van der Waals surface area contributed by atoms with Crippen LogP contribution in [0.3, 0.4) is 0 Å². The van der Waals surface area contributed by atoms with E-state index in [2.05, 4.69) is 10.7 Å². The third-order valence-electron chi connectivity index (χ3n) is 5.94. The quantitative estimate of drug-likeness (QED) is 0.590. The van der Waals surface area contributed by atoms with Crippen LogP contribution in [-0.2, 0) is 22.6 Å². The second-order valence-electron chi connectivity index (χ2n) is 8.69. The van der Waals surface area contributed by atoms with Gasteiger partial charge in [0.05, 0.1) is 6.54 Å². The Morgan fingerprint density at radius 2 is 1.88 bits per heavy atom. The zero-order valence-electron chi connectivity index (χ0n) is 18.0. The number of carbonyl (C=O) groups is 3. The first-order valence-electron chi connectivity index (χ1n) is 10.8. The summed E-state index contributed by atoms with van der Waals surface area (Å²) in [5, 5.41) is 3.49. The molecular weight excluding hydrogens is 411 g/mol. The van der Waals surface area contributed by atoms with Gasteiger partial charge >= 0.3 is 6.03 Å². The summed E-state index contributed by atoms with van der Waals surface area (Å²) in [5.41, 5.74) is 3.21. The first kappa shape index (κ1) is 22.0. The molecule has 4 rings (SSSR count). The minimum Gasteiger partial charge on any atom is -0.322 e. The molecule has 1 saturated heterocycles. The summed E-state index contributed by atoms with van der Waals surface area (Å²) >= 11 is 0. The summed E-state index contributed by atoms with van der Waals surface area (Å²) < 4.78 is 13.5. The molecule has 0 bridgehead atoms. The molecule has 1 saturated carbocycles. The normalized spacial score (nSPS) is 20.5. The van der Waals surface area contributed by atoms with Gasteiger partial charge in [0.2, 0.25) is 0 Å². The molecule has 1 aliphatic heterocycles. The SMILES string of the molecule is C[C@]1(CCc2ccccc2)NC(=O)N(NC(=O)CN(Cc2cccc(F)c2)C2CC2)C1=O.